The Balaban J connectivity index is 2.15. The fourth-order valence-corrected chi connectivity index (χ4v) is 2.38. The number of carbonyl (C=O) groups excluding carboxylic acids is 1. The van der Waals surface area contributed by atoms with Crippen LogP contribution in [0.15, 0.2) is 41.1 Å². The van der Waals surface area contributed by atoms with Gasteiger partial charge in [0, 0.05) is 39.1 Å². The number of anilines is 1. The molecule has 0 spiro atoms. The van der Waals surface area contributed by atoms with Gasteiger partial charge in [-0.25, -0.2) is 9.37 Å². The first-order chi connectivity index (χ1) is 9.56. The molecule has 0 aliphatic rings. The first kappa shape index (κ1) is 12.8. The minimum atomic E-state index is -0.470. The van der Waals surface area contributed by atoms with E-state index in [1.165, 1.54) is 12.1 Å². The summed E-state index contributed by atoms with van der Waals surface area (Å²) in [6.07, 6.45) is 3.22. The molecule has 3 aromatic rings. The molecule has 3 rings (SSSR count). The molecule has 0 saturated carbocycles. The Morgan fingerprint density at radius 2 is 2.10 bits per heavy atom. The predicted octanol–water partition coefficient (Wildman–Crippen LogP) is 3.28. The Bertz CT molecular complexity index is 828. The number of nitrogens with two attached hydrogens (primary N) is 1. The average Bonchev–Trinajstić information content (AvgIpc) is 2.81. The topological polar surface area (TPSA) is 71.8 Å². The number of benzene rings is 1. The molecular weight excluding hydrogens is 325 g/mol. The SMILES string of the molecule is Nc1cc(F)ccc1C(=O)c1c[nH]c2ncc(Br)cc12. The van der Waals surface area contributed by atoms with Gasteiger partial charge in [-0.2, -0.15) is 0 Å². The van der Waals surface area contributed by atoms with Crippen molar-refractivity contribution in [3.8, 4) is 0 Å². The van der Waals surface area contributed by atoms with E-state index in [0.717, 1.165) is 10.5 Å². The number of hydrogen-bond donors (Lipinski definition) is 2. The molecule has 4 nitrogen and oxygen atoms in total. The molecule has 2 aromatic heterocycles. The van der Waals surface area contributed by atoms with Crippen molar-refractivity contribution in [2.75, 3.05) is 5.73 Å². The third kappa shape index (κ3) is 2.08. The van der Waals surface area contributed by atoms with Crippen molar-refractivity contribution < 1.29 is 9.18 Å². The van der Waals surface area contributed by atoms with Gasteiger partial charge in [0.2, 0.25) is 0 Å². The van der Waals surface area contributed by atoms with Gasteiger partial charge in [-0.15, -0.1) is 0 Å². The van der Waals surface area contributed by atoms with E-state index in [-0.39, 0.29) is 17.0 Å². The zero-order valence-corrected chi connectivity index (χ0v) is 11.7. The first-order valence-corrected chi connectivity index (χ1v) is 6.58. The summed E-state index contributed by atoms with van der Waals surface area (Å²) in [5.74, 6) is -0.740. The number of ketones is 1. The van der Waals surface area contributed by atoms with Crippen molar-refractivity contribution in [1.29, 1.82) is 0 Å². The van der Waals surface area contributed by atoms with Crippen LogP contribution in [-0.2, 0) is 0 Å². The van der Waals surface area contributed by atoms with Crippen LogP contribution in [0.2, 0.25) is 0 Å². The maximum Gasteiger partial charge on any atom is 0.197 e. The number of nitrogens with zero attached hydrogens (tertiary/aromatic N) is 1. The molecule has 100 valence electrons. The Kier molecular flexibility index (Phi) is 3.02. The van der Waals surface area contributed by atoms with Gasteiger partial charge in [-0.05, 0) is 40.2 Å². The Morgan fingerprint density at radius 1 is 1.30 bits per heavy atom. The third-order valence-corrected chi connectivity index (χ3v) is 3.43. The van der Waals surface area contributed by atoms with Gasteiger partial charge in [0.25, 0.3) is 0 Å². The molecule has 2 heterocycles. The number of rotatable bonds is 2. The molecule has 1 aromatic carbocycles. The lowest BCUT2D eigenvalue weighted by Crippen LogP contribution is -2.05. The molecule has 0 amide bonds. The van der Waals surface area contributed by atoms with Crippen LogP contribution in [0.3, 0.4) is 0 Å². The predicted molar refractivity (Wildman–Crippen MR) is 78.0 cm³/mol. The van der Waals surface area contributed by atoms with Gasteiger partial charge < -0.3 is 10.7 Å². The fraction of sp³-hybridized carbons (Fsp3) is 0. The normalized spacial score (nSPS) is 10.9. The molecular formula is C14H9BrFN3O. The Morgan fingerprint density at radius 3 is 2.85 bits per heavy atom. The number of fused-ring (bicyclic) bond motifs is 1. The van der Waals surface area contributed by atoms with Crippen LogP contribution >= 0.6 is 15.9 Å². The van der Waals surface area contributed by atoms with Crippen LogP contribution in [0.25, 0.3) is 11.0 Å². The maximum atomic E-state index is 13.0. The Hall–Kier alpha value is -2.21. The van der Waals surface area contributed by atoms with E-state index in [4.69, 9.17) is 5.73 Å². The quantitative estimate of drug-likeness (QED) is 0.558. The zero-order chi connectivity index (χ0) is 14.3. The smallest absolute Gasteiger partial charge is 0.197 e. The molecule has 0 bridgehead atoms. The minimum absolute atomic E-state index is 0.118. The molecule has 0 radical (unpaired) electrons. The lowest BCUT2D eigenvalue weighted by atomic mass is 10.0. The molecule has 0 fully saturated rings. The second kappa shape index (κ2) is 4.72. The molecule has 0 atom stereocenters. The standard InChI is InChI=1S/C14H9BrFN3O/c15-7-3-10-11(6-19-14(10)18-5-7)13(20)9-2-1-8(16)4-12(9)17/h1-6H,17H2,(H,18,19). The number of hydrogen-bond acceptors (Lipinski definition) is 3. The molecule has 3 N–H and O–H groups in total. The number of halogens is 2. The average molecular weight is 334 g/mol. The second-order valence-corrected chi connectivity index (χ2v) is 5.23. The number of aromatic amines is 1. The maximum absolute atomic E-state index is 13.0. The van der Waals surface area contributed by atoms with Crippen LogP contribution < -0.4 is 5.73 Å². The van der Waals surface area contributed by atoms with Gasteiger partial charge in [-0.1, -0.05) is 0 Å². The fourth-order valence-electron chi connectivity index (χ4n) is 2.05. The van der Waals surface area contributed by atoms with Gasteiger partial charge in [0.05, 0.1) is 0 Å². The van der Waals surface area contributed by atoms with E-state index < -0.39 is 5.82 Å². The number of H-pyrrole nitrogens is 1. The minimum Gasteiger partial charge on any atom is -0.398 e. The van der Waals surface area contributed by atoms with Gasteiger partial charge in [0.15, 0.2) is 5.78 Å². The summed E-state index contributed by atoms with van der Waals surface area (Å²) in [7, 11) is 0. The van der Waals surface area contributed by atoms with Gasteiger partial charge >= 0.3 is 0 Å². The van der Waals surface area contributed by atoms with Crippen molar-refractivity contribution in [1.82, 2.24) is 9.97 Å². The highest BCUT2D eigenvalue weighted by Gasteiger charge is 2.17. The van der Waals surface area contributed by atoms with Crippen LogP contribution in [0, 0.1) is 5.82 Å². The van der Waals surface area contributed by atoms with Crippen LogP contribution in [-0.4, -0.2) is 15.8 Å². The van der Waals surface area contributed by atoms with E-state index in [2.05, 4.69) is 25.9 Å². The molecule has 0 aliphatic heterocycles. The number of aromatic nitrogens is 2. The van der Waals surface area contributed by atoms with Gasteiger partial charge in [-0.3, -0.25) is 4.79 Å². The van der Waals surface area contributed by atoms with E-state index >= 15 is 0 Å². The summed E-state index contributed by atoms with van der Waals surface area (Å²) < 4.78 is 13.8. The Labute approximate surface area is 121 Å². The summed E-state index contributed by atoms with van der Waals surface area (Å²) in [4.78, 5) is 19.6. The molecule has 20 heavy (non-hydrogen) atoms. The summed E-state index contributed by atoms with van der Waals surface area (Å²) in [5.41, 5.74) is 7.15. The number of carbonyl (C=O) groups is 1. The summed E-state index contributed by atoms with van der Waals surface area (Å²) in [5, 5.41) is 0.688. The van der Waals surface area contributed by atoms with Crippen molar-refractivity contribution >= 4 is 38.4 Å². The number of nitrogens with one attached hydrogen (secondary N) is 1. The van der Waals surface area contributed by atoms with Crippen LogP contribution in [0.4, 0.5) is 10.1 Å². The number of nitrogen functional groups attached to an aromatic ring is 1. The molecule has 0 unspecified atom stereocenters. The summed E-state index contributed by atoms with van der Waals surface area (Å²) in [6.45, 7) is 0. The highest BCUT2D eigenvalue weighted by atomic mass is 79.9. The summed E-state index contributed by atoms with van der Waals surface area (Å²) in [6, 6.07) is 5.53. The monoisotopic (exact) mass is 333 g/mol. The molecule has 0 saturated heterocycles. The van der Waals surface area contributed by atoms with Crippen molar-refractivity contribution in [2.24, 2.45) is 0 Å². The zero-order valence-electron chi connectivity index (χ0n) is 10.2. The molecule has 0 aliphatic carbocycles. The van der Waals surface area contributed by atoms with E-state index in [1.54, 1.807) is 18.5 Å². The van der Waals surface area contributed by atoms with Crippen molar-refractivity contribution in [3.63, 3.8) is 0 Å². The van der Waals surface area contributed by atoms with Gasteiger partial charge in [0.1, 0.15) is 11.5 Å². The van der Waals surface area contributed by atoms with Crippen molar-refractivity contribution in [3.05, 3.63) is 58.1 Å². The second-order valence-electron chi connectivity index (χ2n) is 4.31. The number of pyridine rings is 1. The lowest BCUT2D eigenvalue weighted by molar-refractivity contribution is 0.104. The van der Waals surface area contributed by atoms with E-state index in [1.807, 2.05) is 0 Å². The van der Waals surface area contributed by atoms with Crippen LogP contribution in [0.1, 0.15) is 15.9 Å². The summed E-state index contributed by atoms with van der Waals surface area (Å²) >= 11 is 3.32. The van der Waals surface area contributed by atoms with Crippen molar-refractivity contribution in [2.45, 2.75) is 0 Å². The largest absolute Gasteiger partial charge is 0.398 e. The highest BCUT2D eigenvalue weighted by molar-refractivity contribution is 9.10. The lowest BCUT2D eigenvalue weighted by Gasteiger charge is -2.04. The van der Waals surface area contributed by atoms with Crippen LogP contribution in [0.5, 0.6) is 0 Å². The van der Waals surface area contributed by atoms with E-state index in [9.17, 15) is 9.18 Å². The van der Waals surface area contributed by atoms with E-state index in [0.29, 0.717) is 16.6 Å². The molecule has 6 heteroatoms. The highest BCUT2D eigenvalue weighted by Crippen LogP contribution is 2.25. The first-order valence-electron chi connectivity index (χ1n) is 5.78. The third-order valence-electron chi connectivity index (χ3n) is 3.00.